The highest BCUT2D eigenvalue weighted by atomic mass is 32.2. The molecule has 0 spiro atoms. The van der Waals surface area contributed by atoms with Crippen molar-refractivity contribution in [3.05, 3.63) is 66.2 Å². The normalized spacial score (nSPS) is 11.1. The first-order valence-electron chi connectivity index (χ1n) is 8.07. The number of nitrogens with one attached hydrogen (secondary N) is 1. The van der Waals surface area contributed by atoms with E-state index in [1.165, 1.54) is 11.3 Å². The van der Waals surface area contributed by atoms with Gasteiger partial charge in [-0.1, -0.05) is 54.7 Å². The molecule has 1 aromatic heterocycles. The van der Waals surface area contributed by atoms with Crippen LogP contribution in [0.3, 0.4) is 0 Å². The number of aromatic nitrogens is 1. The van der Waals surface area contributed by atoms with Gasteiger partial charge >= 0.3 is 0 Å². The highest BCUT2D eigenvalue weighted by Gasteiger charge is 2.12. The van der Waals surface area contributed by atoms with Crippen molar-refractivity contribution in [2.24, 2.45) is 0 Å². The lowest BCUT2D eigenvalue weighted by Crippen LogP contribution is -2.11. The third-order valence-corrected chi connectivity index (χ3v) is 5.72. The molecule has 1 N–H and O–H groups in total. The Labute approximate surface area is 154 Å². The number of anilines is 1. The molecule has 0 unspecified atom stereocenters. The molecule has 3 aromatic carbocycles. The minimum absolute atomic E-state index is 0.123. The summed E-state index contributed by atoms with van der Waals surface area (Å²) >= 11 is 3.23. The Balaban J connectivity index is 1.65. The average molecular weight is 364 g/mol. The number of carbonyl (C=O) groups is 1. The molecule has 0 aliphatic carbocycles. The zero-order chi connectivity index (χ0) is 17.2. The van der Waals surface area contributed by atoms with Crippen LogP contribution in [-0.2, 0) is 0 Å². The number of thioether (sulfide) groups is 1. The molecule has 25 heavy (non-hydrogen) atoms. The fourth-order valence-electron chi connectivity index (χ4n) is 2.78. The first kappa shape index (κ1) is 16.1. The van der Waals surface area contributed by atoms with Crippen molar-refractivity contribution in [2.75, 3.05) is 11.1 Å². The number of hydrogen-bond donors (Lipinski definition) is 1. The number of benzene rings is 3. The maximum absolute atomic E-state index is 12.6. The molecule has 1 amide bonds. The fourth-order valence-corrected chi connectivity index (χ4v) is 4.37. The van der Waals surface area contributed by atoms with Crippen LogP contribution in [0.2, 0.25) is 0 Å². The van der Waals surface area contributed by atoms with Gasteiger partial charge in [0.05, 0.1) is 10.2 Å². The summed E-state index contributed by atoms with van der Waals surface area (Å²) in [7, 11) is 0. The molecule has 0 atom stereocenters. The second kappa shape index (κ2) is 6.86. The van der Waals surface area contributed by atoms with E-state index in [2.05, 4.69) is 41.5 Å². The molecule has 0 saturated carbocycles. The van der Waals surface area contributed by atoms with Gasteiger partial charge in [0.25, 0.3) is 5.91 Å². The molecule has 4 aromatic rings. The lowest BCUT2D eigenvalue weighted by Gasteiger charge is -2.04. The van der Waals surface area contributed by atoms with Gasteiger partial charge in [-0.15, -0.1) is 11.8 Å². The van der Waals surface area contributed by atoms with E-state index in [1.807, 2.05) is 36.4 Å². The van der Waals surface area contributed by atoms with Crippen LogP contribution < -0.4 is 5.32 Å². The summed E-state index contributed by atoms with van der Waals surface area (Å²) in [4.78, 5) is 18.3. The molecule has 3 nitrogen and oxygen atoms in total. The third kappa shape index (κ3) is 3.25. The molecule has 124 valence electrons. The summed E-state index contributed by atoms with van der Waals surface area (Å²) in [5.41, 5.74) is 1.59. The van der Waals surface area contributed by atoms with Crippen LogP contribution in [0.15, 0.2) is 65.6 Å². The van der Waals surface area contributed by atoms with Crippen LogP contribution in [0, 0.1) is 0 Å². The van der Waals surface area contributed by atoms with Gasteiger partial charge in [0.1, 0.15) is 0 Å². The third-order valence-electron chi connectivity index (χ3n) is 3.91. The lowest BCUT2D eigenvalue weighted by molar-refractivity contribution is 0.102. The highest BCUT2D eigenvalue weighted by molar-refractivity contribution is 7.99. The quantitative estimate of drug-likeness (QED) is 0.464. The van der Waals surface area contributed by atoms with Crippen molar-refractivity contribution in [2.45, 2.75) is 11.8 Å². The zero-order valence-electron chi connectivity index (χ0n) is 13.7. The Morgan fingerprint density at radius 3 is 2.88 bits per heavy atom. The SMILES string of the molecule is CCSc1cccc(C(=O)Nc2nc3c(ccc4ccccc43)s2)c1. The van der Waals surface area contributed by atoms with Gasteiger partial charge in [-0.05, 0) is 35.4 Å². The van der Waals surface area contributed by atoms with Crippen LogP contribution in [-0.4, -0.2) is 16.6 Å². The first-order chi connectivity index (χ1) is 12.2. The van der Waals surface area contributed by atoms with Crippen molar-refractivity contribution in [3.8, 4) is 0 Å². The predicted octanol–water partition coefficient (Wildman–Crippen LogP) is 5.81. The van der Waals surface area contributed by atoms with Crippen LogP contribution in [0.1, 0.15) is 17.3 Å². The van der Waals surface area contributed by atoms with E-state index in [-0.39, 0.29) is 5.91 Å². The standard InChI is InChI=1S/C20H16N2OS2/c1-2-24-15-8-5-7-14(12-15)19(23)22-20-21-18-16-9-4-3-6-13(16)10-11-17(18)25-20/h3-12H,2H2,1H3,(H,21,22,23). The number of carbonyl (C=O) groups excluding carboxylic acids is 1. The number of amides is 1. The van der Waals surface area contributed by atoms with Gasteiger partial charge in [-0.2, -0.15) is 0 Å². The van der Waals surface area contributed by atoms with E-state index in [0.29, 0.717) is 10.7 Å². The van der Waals surface area contributed by atoms with Crippen molar-refractivity contribution in [1.29, 1.82) is 0 Å². The summed E-state index contributed by atoms with van der Waals surface area (Å²) in [6.07, 6.45) is 0. The topological polar surface area (TPSA) is 42.0 Å². The predicted molar refractivity (Wildman–Crippen MR) is 108 cm³/mol. The van der Waals surface area contributed by atoms with E-state index in [0.717, 1.165) is 31.6 Å². The van der Waals surface area contributed by atoms with Crippen molar-refractivity contribution in [3.63, 3.8) is 0 Å². The van der Waals surface area contributed by atoms with Gasteiger partial charge in [-0.25, -0.2) is 4.98 Å². The summed E-state index contributed by atoms with van der Waals surface area (Å²) in [6, 6.07) is 20.0. The molecule has 0 fully saturated rings. The van der Waals surface area contributed by atoms with Crippen molar-refractivity contribution >= 4 is 55.1 Å². The highest BCUT2D eigenvalue weighted by Crippen LogP contribution is 2.32. The molecule has 5 heteroatoms. The van der Waals surface area contributed by atoms with Crippen molar-refractivity contribution < 1.29 is 4.79 Å². The van der Waals surface area contributed by atoms with Gasteiger partial charge in [0, 0.05) is 15.8 Å². The van der Waals surface area contributed by atoms with E-state index in [9.17, 15) is 4.79 Å². The number of nitrogens with zero attached hydrogens (tertiary/aromatic N) is 1. The second-order valence-electron chi connectivity index (χ2n) is 5.57. The minimum Gasteiger partial charge on any atom is -0.298 e. The summed E-state index contributed by atoms with van der Waals surface area (Å²) in [5, 5.41) is 5.83. The van der Waals surface area contributed by atoms with Crippen LogP contribution >= 0.6 is 23.1 Å². The molecule has 0 radical (unpaired) electrons. The molecule has 1 heterocycles. The maximum atomic E-state index is 12.6. The second-order valence-corrected chi connectivity index (χ2v) is 7.94. The summed E-state index contributed by atoms with van der Waals surface area (Å²) in [5.74, 6) is 0.859. The van der Waals surface area contributed by atoms with E-state index in [4.69, 9.17) is 0 Å². The van der Waals surface area contributed by atoms with E-state index < -0.39 is 0 Å². The molecule has 0 bridgehead atoms. The van der Waals surface area contributed by atoms with Crippen LogP contribution in [0.5, 0.6) is 0 Å². The molecule has 4 rings (SSSR count). The molecule has 0 saturated heterocycles. The Kier molecular flexibility index (Phi) is 4.42. The molecular weight excluding hydrogens is 348 g/mol. The van der Waals surface area contributed by atoms with Crippen LogP contribution in [0.4, 0.5) is 5.13 Å². The number of thiazole rings is 1. The van der Waals surface area contributed by atoms with Gasteiger partial charge in [-0.3, -0.25) is 10.1 Å². The summed E-state index contributed by atoms with van der Waals surface area (Å²) in [6.45, 7) is 2.10. The average Bonchev–Trinajstić information content (AvgIpc) is 3.05. The fraction of sp³-hybridized carbons (Fsp3) is 0.100. The number of hydrogen-bond acceptors (Lipinski definition) is 4. The maximum Gasteiger partial charge on any atom is 0.257 e. The Morgan fingerprint density at radius 1 is 1.12 bits per heavy atom. The Morgan fingerprint density at radius 2 is 2.00 bits per heavy atom. The largest absolute Gasteiger partial charge is 0.298 e. The van der Waals surface area contributed by atoms with E-state index in [1.54, 1.807) is 11.8 Å². The number of rotatable bonds is 4. The summed E-state index contributed by atoms with van der Waals surface area (Å²) < 4.78 is 1.07. The van der Waals surface area contributed by atoms with E-state index >= 15 is 0 Å². The monoisotopic (exact) mass is 364 g/mol. The molecular formula is C20H16N2OS2. The number of fused-ring (bicyclic) bond motifs is 3. The van der Waals surface area contributed by atoms with Gasteiger partial charge in [0.15, 0.2) is 5.13 Å². The smallest absolute Gasteiger partial charge is 0.257 e. The molecule has 0 aliphatic rings. The molecule has 0 aliphatic heterocycles. The minimum atomic E-state index is -0.123. The Hall–Kier alpha value is -2.37. The lowest BCUT2D eigenvalue weighted by atomic mass is 10.1. The van der Waals surface area contributed by atoms with Crippen LogP contribution in [0.25, 0.3) is 21.0 Å². The van der Waals surface area contributed by atoms with Gasteiger partial charge < -0.3 is 0 Å². The zero-order valence-corrected chi connectivity index (χ0v) is 15.3. The Bertz CT molecular complexity index is 1070. The van der Waals surface area contributed by atoms with Gasteiger partial charge in [0.2, 0.25) is 0 Å². The van der Waals surface area contributed by atoms with Crippen molar-refractivity contribution in [1.82, 2.24) is 4.98 Å². The first-order valence-corrected chi connectivity index (χ1v) is 9.87.